The van der Waals surface area contributed by atoms with Gasteiger partial charge in [-0.1, -0.05) is 136 Å². The van der Waals surface area contributed by atoms with Gasteiger partial charge in [-0.05, 0) is 25.7 Å². The lowest BCUT2D eigenvalue weighted by molar-refractivity contribution is 0.136. The Bertz CT molecular complexity index is 406. The number of hydrogen-bond donors (Lipinski definition) is 0. The zero-order valence-corrected chi connectivity index (χ0v) is 22.6. The molecule has 0 aromatic heterocycles. The lowest BCUT2D eigenvalue weighted by atomic mass is 10.0. The van der Waals surface area contributed by atoms with E-state index in [1.807, 2.05) is 0 Å². The van der Waals surface area contributed by atoms with E-state index in [1.54, 1.807) is 0 Å². The highest BCUT2D eigenvalue weighted by atomic mass is 15.4. The van der Waals surface area contributed by atoms with Crippen LogP contribution < -0.4 is 0 Å². The van der Waals surface area contributed by atoms with E-state index in [1.165, 1.54) is 154 Å². The summed E-state index contributed by atoms with van der Waals surface area (Å²) in [6.07, 6.45) is 36.6. The molecular weight excluding hydrogens is 388 g/mol. The minimum atomic E-state index is 0.643. The third-order valence-corrected chi connectivity index (χ3v) is 7.32. The Balaban J connectivity index is 1.95. The van der Waals surface area contributed by atoms with Gasteiger partial charge in [0.2, 0.25) is 0 Å². The molecule has 0 fully saturated rings. The molecule has 2 heteroatoms. The van der Waals surface area contributed by atoms with Gasteiger partial charge in [0.15, 0.2) is 0 Å². The van der Waals surface area contributed by atoms with Crippen LogP contribution in [0.5, 0.6) is 0 Å². The standard InChI is InChI=1S/C30H60N2/c1-4-7-10-11-12-13-14-15-16-17-18-19-20-21-22-24-27-32-29-28-31(26-9-6-3)30(32)25-23-8-5-2/h28-30H,4-27H2,1-3H3. The van der Waals surface area contributed by atoms with Crippen LogP contribution in [0.4, 0.5) is 0 Å². The average Bonchev–Trinajstić information content (AvgIpc) is 3.19. The molecule has 1 heterocycles. The van der Waals surface area contributed by atoms with Crippen LogP contribution in [0, 0.1) is 0 Å². The van der Waals surface area contributed by atoms with Gasteiger partial charge in [-0.3, -0.25) is 0 Å². The number of unbranched alkanes of at least 4 members (excludes halogenated alkanes) is 18. The minimum absolute atomic E-state index is 0.643. The topological polar surface area (TPSA) is 6.48 Å². The normalized spacial score (nSPS) is 15.9. The minimum Gasteiger partial charge on any atom is -0.356 e. The summed E-state index contributed by atoms with van der Waals surface area (Å²) >= 11 is 0. The van der Waals surface area contributed by atoms with E-state index in [-0.39, 0.29) is 0 Å². The van der Waals surface area contributed by atoms with E-state index in [2.05, 4.69) is 43.0 Å². The highest BCUT2D eigenvalue weighted by Gasteiger charge is 2.24. The van der Waals surface area contributed by atoms with Crippen molar-refractivity contribution in [1.82, 2.24) is 9.80 Å². The first-order chi connectivity index (χ1) is 15.8. The molecule has 0 aromatic rings. The van der Waals surface area contributed by atoms with Crippen LogP contribution in [0.25, 0.3) is 0 Å². The first kappa shape index (κ1) is 29.4. The van der Waals surface area contributed by atoms with Crippen LogP contribution in [0.3, 0.4) is 0 Å². The third-order valence-electron chi connectivity index (χ3n) is 7.32. The van der Waals surface area contributed by atoms with Crippen molar-refractivity contribution in [3.63, 3.8) is 0 Å². The molecule has 1 aliphatic heterocycles. The van der Waals surface area contributed by atoms with Crippen molar-refractivity contribution in [3.05, 3.63) is 12.4 Å². The van der Waals surface area contributed by atoms with E-state index in [4.69, 9.17) is 0 Å². The third kappa shape index (κ3) is 15.2. The second-order valence-electron chi connectivity index (χ2n) is 10.4. The average molecular weight is 449 g/mol. The van der Waals surface area contributed by atoms with E-state index < -0.39 is 0 Å². The number of nitrogens with zero attached hydrogens (tertiary/aromatic N) is 2. The van der Waals surface area contributed by atoms with E-state index in [0.717, 1.165) is 0 Å². The molecule has 1 unspecified atom stereocenters. The summed E-state index contributed by atoms with van der Waals surface area (Å²) in [5.41, 5.74) is 0. The molecule has 1 atom stereocenters. The van der Waals surface area contributed by atoms with Crippen molar-refractivity contribution < 1.29 is 0 Å². The van der Waals surface area contributed by atoms with Crippen molar-refractivity contribution in [2.75, 3.05) is 13.1 Å². The summed E-state index contributed by atoms with van der Waals surface area (Å²) in [7, 11) is 0. The van der Waals surface area contributed by atoms with Crippen LogP contribution in [-0.4, -0.2) is 29.1 Å². The van der Waals surface area contributed by atoms with E-state index in [9.17, 15) is 0 Å². The Kier molecular flexibility index (Phi) is 20.3. The van der Waals surface area contributed by atoms with Gasteiger partial charge in [-0.2, -0.15) is 0 Å². The fourth-order valence-electron chi connectivity index (χ4n) is 5.10. The van der Waals surface area contributed by atoms with Crippen molar-refractivity contribution in [2.45, 2.75) is 168 Å². The van der Waals surface area contributed by atoms with Gasteiger partial charge in [0.05, 0.1) is 0 Å². The van der Waals surface area contributed by atoms with Crippen LogP contribution in [0.1, 0.15) is 162 Å². The molecule has 1 aliphatic rings. The Morgan fingerprint density at radius 1 is 0.406 bits per heavy atom. The maximum Gasteiger partial charge on any atom is 0.101 e. The zero-order chi connectivity index (χ0) is 23.1. The highest BCUT2D eigenvalue weighted by Crippen LogP contribution is 2.23. The molecule has 0 aromatic carbocycles. The Morgan fingerprint density at radius 2 is 0.750 bits per heavy atom. The molecule has 0 saturated heterocycles. The summed E-state index contributed by atoms with van der Waals surface area (Å²) in [5.74, 6) is 0. The summed E-state index contributed by atoms with van der Waals surface area (Å²) in [4.78, 5) is 5.26. The van der Waals surface area contributed by atoms with Crippen LogP contribution >= 0.6 is 0 Å². The van der Waals surface area contributed by atoms with Gasteiger partial charge in [0.1, 0.15) is 6.17 Å². The summed E-state index contributed by atoms with van der Waals surface area (Å²) in [6.45, 7) is 9.42. The van der Waals surface area contributed by atoms with Crippen LogP contribution in [-0.2, 0) is 0 Å². The molecule has 0 bridgehead atoms. The SMILES string of the molecule is CCCCCCCCCCCCCCCCCCN1C=CN(CCCC)C1CCCCC. The second kappa shape index (κ2) is 22.1. The van der Waals surface area contributed by atoms with Crippen LogP contribution in [0.15, 0.2) is 12.4 Å². The predicted octanol–water partition coefficient (Wildman–Crippen LogP) is 10.0. The van der Waals surface area contributed by atoms with Crippen molar-refractivity contribution in [2.24, 2.45) is 0 Å². The monoisotopic (exact) mass is 448 g/mol. The Morgan fingerprint density at radius 3 is 1.19 bits per heavy atom. The quantitative estimate of drug-likeness (QED) is 0.135. The first-order valence-corrected chi connectivity index (χ1v) is 15.0. The number of hydrogen-bond acceptors (Lipinski definition) is 2. The predicted molar refractivity (Wildman–Crippen MR) is 145 cm³/mol. The molecule has 2 nitrogen and oxygen atoms in total. The molecule has 0 amide bonds. The maximum absolute atomic E-state index is 2.65. The Labute approximate surface area is 203 Å². The smallest absolute Gasteiger partial charge is 0.101 e. The summed E-state index contributed by atoms with van der Waals surface area (Å²) in [5, 5.41) is 0. The molecular formula is C30H60N2. The summed E-state index contributed by atoms with van der Waals surface area (Å²) < 4.78 is 0. The molecule has 0 saturated carbocycles. The highest BCUT2D eigenvalue weighted by molar-refractivity contribution is 4.96. The first-order valence-electron chi connectivity index (χ1n) is 15.0. The fraction of sp³-hybridized carbons (Fsp3) is 0.933. The van der Waals surface area contributed by atoms with Crippen molar-refractivity contribution >= 4 is 0 Å². The van der Waals surface area contributed by atoms with E-state index >= 15 is 0 Å². The molecule has 0 aliphatic carbocycles. The van der Waals surface area contributed by atoms with Gasteiger partial charge < -0.3 is 9.80 Å². The van der Waals surface area contributed by atoms with Gasteiger partial charge in [0.25, 0.3) is 0 Å². The zero-order valence-electron chi connectivity index (χ0n) is 22.6. The fourth-order valence-corrected chi connectivity index (χ4v) is 5.10. The molecule has 32 heavy (non-hydrogen) atoms. The van der Waals surface area contributed by atoms with Crippen molar-refractivity contribution in [3.8, 4) is 0 Å². The number of rotatable bonds is 24. The lowest BCUT2D eigenvalue weighted by Gasteiger charge is -2.33. The van der Waals surface area contributed by atoms with E-state index in [0.29, 0.717) is 6.17 Å². The molecule has 190 valence electrons. The largest absolute Gasteiger partial charge is 0.356 e. The maximum atomic E-state index is 2.65. The summed E-state index contributed by atoms with van der Waals surface area (Å²) in [6, 6.07) is 0. The second-order valence-corrected chi connectivity index (χ2v) is 10.4. The van der Waals surface area contributed by atoms with Gasteiger partial charge >= 0.3 is 0 Å². The lowest BCUT2D eigenvalue weighted by Crippen LogP contribution is -2.39. The molecule has 0 N–H and O–H groups in total. The molecule has 1 rings (SSSR count). The molecule has 0 spiro atoms. The molecule has 0 radical (unpaired) electrons. The van der Waals surface area contributed by atoms with Gasteiger partial charge in [-0.25, -0.2) is 0 Å². The Hall–Kier alpha value is -0.660. The van der Waals surface area contributed by atoms with Crippen LogP contribution in [0.2, 0.25) is 0 Å². The van der Waals surface area contributed by atoms with Gasteiger partial charge in [-0.15, -0.1) is 0 Å². The van der Waals surface area contributed by atoms with Gasteiger partial charge in [0, 0.05) is 25.5 Å². The van der Waals surface area contributed by atoms with Crippen molar-refractivity contribution in [1.29, 1.82) is 0 Å².